The molecule has 2 N–H and O–H groups in total. The molecule has 4 rings (SSSR count). The Morgan fingerprint density at radius 1 is 1.09 bits per heavy atom. The summed E-state index contributed by atoms with van der Waals surface area (Å²) >= 11 is 6.11. The molecule has 0 aliphatic heterocycles. The molecule has 0 aliphatic rings. The molecule has 0 bridgehead atoms. The van der Waals surface area contributed by atoms with E-state index < -0.39 is 5.54 Å². The maximum atomic E-state index is 13.5. The lowest BCUT2D eigenvalue weighted by Crippen LogP contribution is -2.47. The van der Waals surface area contributed by atoms with Crippen LogP contribution in [0.25, 0.3) is 11.1 Å². The van der Waals surface area contributed by atoms with Crippen molar-refractivity contribution in [1.82, 2.24) is 14.5 Å². The lowest BCUT2D eigenvalue weighted by molar-refractivity contribution is 0.140. The monoisotopic (exact) mass is 478 g/mol. The van der Waals surface area contributed by atoms with Crippen LogP contribution in [0.5, 0.6) is 0 Å². The summed E-state index contributed by atoms with van der Waals surface area (Å²) in [5, 5.41) is 1.18. The van der Waals surface area contributed by atoms with Crippen molar-refractivity contribution in [2.24, 2.45) is 5.73 Å². The van der Waals surface area contributed by atoms with Crippen molar-refractivity contribution in [3.05, 3.63) is 99.3 Å². The highest BCUT2D eigenvalue weighted by Gasteiger charge is 2.29. The highest BCUT2D eigenvalue weighted by Crippen LogP contribution is 2.28. The molecule has 4 aromatic rings. The molecule has 1 atom stereocenters. The molecule has 6 nitrogen and oxygen atoms in total. The highest BCUT2D eigenvalue weighted by molar-refractivity contribution is 6.30. The Morgan fingerprint density at radius 3 is 2.44 bits per heavy atom. The molecule has 0 spiro atoms. The first-order valence-electron chi connectivity index (χ1n) is 11.5. The van der Waals surface area contributed by atoms with E-state index in [1.165, 1.54) is 6.26 Å². The summed E-state index contributed by atoms with van der Waals surface area (Å²) in [5.74, 6) is 0.678. The Hall–Kier alpha value is -2.93. The Morgan fingerprint density at radius 2 is 1.79 bits per heavy atom. The van der Waals surface area contributed by atoms with Crippen molar-refractivity contribution in [3.8, 4) is 0 Å². The number of fused-ring (bicyclic) bond motifs is 1. The van der Waals surface area contributed by atoms with E-state index in [2.05, 4.69) is 11.8 Å². The van der Waals surface area contributed by atoms with E-state index in [0.29, 0.717) is 41.6 Å². The second kappa shape index (κ2) is 10.1. The average molecular weight is 479 g/mol. The zero-order valence-electron chi connectivity index (χ0n) is 19.9. The van der Waals surface area contributed by atoms with Crippen molar-refractivity contribution < 1.29 is 4.42 Å². The minimum atomic E-state index is -0.445. The summed E-state index contributed by atoms with van der Waals surface area (Å²) < 4.78 is 7.35. The predicted octanol–water partition coefficient (Wildman–Crippen LogP) is 5.38. The lowest BCUT2D eigenvalue weighted by atomic mass is 10.0. The van der Waals surface area contributed by atoms with E-state index in [4.69, 9.17) is 26.7 Å². The van der Waals surface area contributed by atoms with Gasteiger partial charge in [0.1, 0.15) is 11.2 Å². The van der Waals surface area contributed by atoms with Gasteiger partial charge in [-0.25, -0.2) is 0 Å². The maximum Gasteiger partial charge on any atom is 0.265 e. The van der Waals surface area contributed by atoms with Crippen molar-refractivity contribution in [2.45, 2.75) is 51.9 Å². The summed E-state index contributed by atoms with van der Waals surface area (Å²) in [7, 11) is 0. The fourth-order valence-electron chi connectivity index (χ4n) is 4.37. The Bertz CT molecular complexity index is 1290. The SMILES string of the molecule is CCC(c1nc2occc2c(=O)n1Cc1ccccc1)N(Cc1ccc(Cl)cc1)CC(C)(C)N. The topological polar surface area (TPSA) is 77.3 Å². The number of halogens is 1. The zero-order valence-corrected chi connectivity index (χ0v) is 20.6. The quantitative estimate of drug-likeness (QED) is 0.349. The van der Waals surface area contributed by atoms with Crippen LogP contribution in [0.15, 0.2) is 76.1 Å². The number of rotatable bonds is 9. The molecule has 2 heterocycles. The van der Waals surface area contributed by atoms with Crippen LogP contribution in [0.2, 0.25) is 5.02 Å². The van der Waals surface area contributed by atoms with Crippen LogP contribution in [0.4, 0.5) is 0 Å². The maximum absolute atomic E-state index is 13.5. The molecule has 0 radical (unpaired) electrons. The molecule has 0 saturated heterocycles. The first-order chi connectivity index (χ1) is 16.2. The van der Waals surface area contributed by atoms with Crippen LogP contribution in [-0.2, 0) is 13.1 Å². The molecule has 178 valence electrons. The molecule has 34 heavy (non-hydrogen) atoms. The van der Waals surface area contributed by atoms with Gasteiger partial charge >= 0.3 is 0 Å². The van der Waals surface area contributed by atoms with E-state index in [0.717, 1.165) is 17.5 Å². The first-order valence-corrected chi connectivity index (χ1v) is 11.9. The van der Waals surface area contributed by atoms with E-state index in [1.54, 1.807) is 10.6 Å². The van der Waals surface area contributed by atoms with Gasteiger partial charge in [-0.1, -0.05) is 61.0 Å². The van der Waals surface area contributed by atoms with E-state index in [1.807, 2.05) is 68.4 Å². The van der Waals surface area contributed by atoms with Gasteiger partial charge in [0.25, 0.3) is 5.56 Å². The van der Waals surface area contributed by atoms with Crippen LogP contribution in [-0.4, -0.2) is 26.5 Å². The van der Waals surface area contributed by atoms with Crippen molar-refractivity contribution in [3.63, 3.8) is 0 Å². The molecule has 7 heteroatoms. The summed E-state index contributed by atoms with van der Waals surface area (Å²) in [4.78, 5) is 20.7. The predicted molar refractivity (Wildman–Crippen MR) is 137 cm³/mol. The third kappa shape index (κ3) is 5.58. The van der Waals surface area contributed by atoms with Gasteiger partial charge in [0.05, 0.1) is 18.8 Å². The number of nitrogens with zero attached hydrogens (tertiary/aromatic N) is 3. The number of benzene rings is 2. The number of nitrogens with two attached hydrogens (primary N) is 1. The summed E-state index contributed by atoms with van der Waals surface area (Å²) in [6, 6.07) is 19.3. The normalized spacial score (nSPS) is 13.0. The molecule has 2 aromatic carbocycles. The Balaban J connectivity index is 1.82. The lowest BCUT2D eigenvalue weighted by Gasteiger charge is -2.36. The average Bonchev–Trinajstić information content (AvgIpc) is 3.27. The number of hydrogen-bond acceptors (Lipinski definition) is 5. The fourth-order valence-corrected chi connectivity index (χ4v) is 4.49. The van der Waals surface area contributed by atoms with Gasteiger partial charge in [-0.2, -0.15) is 4.98 Å². The van der Waals surface area contributed by atoms with Gasteiger partial charge in [0.2, 0.25) is 5.71 Å². The second-order valence-electron chi connectivity index (χ2n) is 9.43. The summed E-state index contributed by atoms with van der Waals surface area (Å²) in [6.45, 7) is 7.82. The van der Waals surface area contributed by atoms with E-state index in [-0.39, 0.29) is 11.6 Å². The number of furan rings is 1. The number of aromatic nitrogens is 2. The molecule has 2 aromatic heterocycles. The Kier molecular flexibility index (Phi) is 7.22. The first kappa shape index (κ1) is 24.2. The molecular weight excluding hydrogens is 448 g/mol. The zero-order chi connectivity index (χ0) is 24.3. The van der Waals surface area contributed by atoms with Gasteiger partial charge in [0.15, 0.2) is 0 Å². The van der Waals surface area contributed by atoms with Crippen LogP contribution >= 0.6 is 11.6 Å². The molecule has 0 saturated carbocycles. The van der Waals surface area contributed by atoms with Crippen molar-refractivity contribution in [1.29, 1.82) is 0 Å². The van der Waals surface area contributed by atoms with Crippen LogP contribution in [0.3, 0.4) is 0 Å². The molecule has 0 amide bonds. The largest absolute Gasteiger partial charge is 0.446 e. The standard InChI is InChI=1S/C27H31ClN4O2/c1-4-23(31(18-27(2,3)29)16-20-10-12-21(28)13-11-20)24-30-25-22(14-15-34-25)26(33)32(24)17-19-8-6-5-7-9-19/h5-15,23H,4,16-18,29H2,1-3H3. The van der Waals surface area contributed by atoms with Crippen molar-refractivity contribution in [2.75, 3.05) is 6.54 Å². The van der Waals surface area contributed by atoms with Crippen LogP contribution < -0.4 is 11.3 Å². The van der Waals surface area contributed by atoms with Crippen molar-refractivity contribution >= 4 is 22.7 Å². The van der Waals surface area contributed by atoms with Crippen LogP contribution in [0, 0.1) is 0 Å². The van der Waals surface area contributed by atoms with Gasteiger partial charge < -0.3 is 10.2 Å². The third-order valence-electron chi connectivity index (χ3n) is 5.83. The number of hydrogen-bond donors (Lipinski definition) is 1. The van der Waals surface area contributed by atoms with Gasteiger partial charge in [-0.05, 0) is 49.6 Å². The van der Waals surface area contributed by atoms with E-state index >= 15 is 0 Å². The second-order valence-corrected chi connectivity index (χ2v) is 9.87. The Labute approximate surface area is 205 Å². The highest BCUT2D eigenvalue weighted by atomic mass is 35.5. The third-order valence-corrected chi connectivity index (χ3v) is 6.08. The van der Waals surface area contributed by atoms with Gasteiger partial charge in [-0.15, -0.1) is 0 Å². The van der Waals surface area contributed by atoms with Crippen LogP contribution in [0.1, 0.15) is 50.2 Å². The van der Waals surface area contributed by atoms with Gasteiger partial charge in [-0.3, -0.25) is 14.3 Å². The molecule has 0 aliphatic carbocycles. The molecular formula is C27H31ClN4O2. The molecule has 1 unspecified atom stereocenters. The minimum Gasteiger partial charge on any atom is -0.446 e. The molecule has 0 fully saturated rings. The summed E-state index contributed by atoms with van der Waals surface area (Å²) in [5.41, 5.74) is 8.44. The summed E-state index contributed by atoms with van der Waals surface area (Å²) in [6.07, 6.45) is 2.27. The smallest absolute Gasteiger partial charge is 0.265 e. The van der Waals surface area contributed by atoms with E-state index in [9.17, 15) is 4.79 Å². The fraction of sp³-hybridized carbons (Fsp3) is 0.333. The van der Waals surface area contributed by atoms with Gasteiger partial charge in [0, 0.05) is 23.7 Å². The minimum absolute atomic E-state index is 0.102.